The summed E-state index contributed by atoms with van der Waals surface area (Å²) < 4.78 is 20.8. The average Bonchev–Trinajstić information content (AvgIpc) is 3.35. The van der Waals surface area contributed by atoms with Gasteiger partial charge in [0.1, 0.15) is 5.82 Å². The summed E-state index contributed by atoms with van der Waals surface area (Å²) in [4.78, 5) is 4.92. The SMILES string of the molecule is CC1(C)CNc2cc(Cc3ccc(F)cc3)c3nc(C4CCOC4)nn3c21. The predicted octanol–water partition coefficient (Wildman–Crippen LogP) is 3.67. The second-order valence-electron chi connectivity index (χ2n) is 8.24. The molecule has 140 valence electrons. The number of ether oxygens (including phenoxy) is 1. The summed E-state index contributed by atoms with van der Waals surface area (Å²) in [5, 5.41) is 8.43. The van der Waals surface area contributed by atoms with Gasteiger partial charge < -0.3 is 10.1 Å². The third-order valence-corrected chi connectivity index (χ3v) is 5.66. The maximum Gasteiger partial charge on any atom is 0.159 e. The number of nitrogens with zero attached hydrogens (tertiary/aromatic N) is 3. The number of hydrogen-bond donors (Lipinski definition) is 1. The van der Waals surface area contributed by atoms with E-state index in [9.17, 15) is 4.39 Å². The van der Waals surface area contributed by atoms with E-state index in [-0.39, 0.29) is 17.2 Å². The van der Waals surface area contributed by atoms with Crippen LogP contribution in [0.3, 0.4) is 0 Å². The van der Waals surface area contributed by atoms with Gasteiger partial charge in [-0.2, -0.15) is 5.10 Å². The number of halogens is 1. The lowest BCUT2D eigenvalue weighted by Gasteiger charge is -2.18. The minimum atomic E-state index is -0.215. The van der Waals surface area contributed by atoms with Gasteiger partial charge in [0.2, 0.25) is 0 Å². The standard InChI is InChI=1S/C21H23FN4O/c1-21(2)12-23-17-10-15(9-13-3-5-16(22)6-4-13)20-24-19(14-7-8-27-11-14)25-26(20)18(17)21/h3-6,10,14,23H,7-9,11-12H2,1-2H3. The number of fused-ring (bicyclic) bond motifs is 3. The lowest BCUT2D eigenvalue weighted by atomic mass is 9.90. The Bertz CT molecular complexity index is 1000. The fourth-order valence-corrected chi connectivity index (χ4v) is 4.16. The molecule has 0 bridgehead atoms. The summed E-state index contributed by atoms with van der Waals surface area (Å²) in [7, 11) is 0. The molecule has 27 heavy (non-hydrogen) atoms. The fraction of sp³-hybridized carbons (Fsp3) is 0.429. The molecule has 3 aromatic rings. The molecule has 0 radical (unpaired) electrons. The Balaban J connectivity index is 1.66. The van der Waals surface area contributed by atoms with Crippen LogP contribution in [0.4, 0.5) is 10.1 Å². The van der Waals surface area contributed by atoms with Crippen LogP contribution in [0.5, 0.6) is 0 Å². The molecule has 6 heteroatoms. The van der Waals surface area contributed by atoms with E-state index in [0.717, 1.165) is 47.9 Å². The first-order valence-corrected chi connectivity index (χ1v) is 9.50. The number of rotatable bonds is 3. The molecule has 2 aromatic heterocycles. The van der Waals surface area contributed by atoms with Crippen LogP contribution < -0.4 is 5.32 Å². The highest BCUT2D eigenvalue weighted by atomic mass is 19.1. The van der Waals surface area contributed by atoms with Gasteiger partial charge in [0, 0.05) is 36.5 Å². The van der Waals surface area contributed by atoms with E-state index < -0.39 is 0 Å². The summed E-state index contributed by atoms with van der Waals surface area (Å²) in [5.41, 5.74) is 5.34. The molecule has 1 fully saturated rings. The first kappa shape index (κ1) is 16.7. The lowest BCUT2D eigenvalue weighted by molar-refractivity contribution is 0.193. The highest BCUT2D eigenvalue weighted by molar-refractivity contribution is 5.66. The van der Waals surface area contributed by atoms with Crippen LogP contribution in [0.15, 0.2) is 30.3 Å². The van der Waals surface area contributed by atoms with Gasteiger partial charge in [-0.25, -0.2) is 13.9 Å². The first-order chi connectivity index (χ1) is 13.0. The lowest BCUT2D eigenvalue weighted by Crippen LogP contribution is -2.22. The highest BCUT2D eigenvalue weighted by Gasteiger charge is 2.35. The molecule has 5 nitrogen and oxygen atoms in total. The van der Waals surface area contributed by atoms with E-state index in [4.69, 9.17) is 14.8 Å². The third-order valence-electron chi connectivity index (χ3n) is 5.66. The molecule has 2 aliphatic rings. The fourth-order valence-electron chi connectivity index (χ4n) is 4.16. The monoisotopic (exact) mass is 366 g/mol. The van der Waals surface area contributed by atoms with Crippen LogP contribution in [-0.2, 0) is 16.6 Å². The van der Waals surface area contributed by atoms with Crippen LogP contribution in [-0.4, -0.2) is 34.4 Å². The molecular formula is C21H23FN4O. The Labute approximate surface area is 157 Å². The van der Waals surface area contributed by atoms with Gasteiger partial charge in [-0.05, 0) is 30.2 Å². The molecule has 2 aliphatic heterocycles. The van der Waals surface area contributed by atoms with Gasteiger partial charge in [0.15, 0.2) is 11.5 Å². The van der Waals surface area contributed by atoms with Crippen LogP contribution >= 0.6 is 0 Å². The summed E-state index contributed by atoms with van der Waals surface area (Å²) in [6.07, 6.45) is 1.66. The molecule has 0 amide bonds. The summed E-state index contributed by atoms with van der Waals surface area (Å²) in [6, 6.07) is 8.86. The van der Waals surface area contributed by atoms with E-state index in [1.807, 2.05) is 16.6 Å². The molecule has 1 unspecified atom stereocenters. The van der Waals surface area contributed by atoms with Crippen LogP contribution in [0, 0.1) is 5.82 Å². The molecule has 0 saturated carbocycles. The smallest absolute Gasteiger partial charge is 0.159 e. The zero-order valence-electron chi connectivity index (χ0n) is 15.6. The largest absolute Gasteiger partial charge is 0.383 e. The van der Waals surface area contributed by atoms with Crippen molar-refractivity contribution in [3.05, 3.63) is 58.8 Å². The molecule has 0 aliphatic carbocycles. The van der Waals surface area contributed by atoms with E-state index in [1.54, 1.807) is 0 Å². The van der Waals surface area contributed by atoms with Crippen molar-refractivity contribution < 1.29 is 9.13 Å². The maximum atomic E-state index is 13.3. The molecule has 1 atom stereocenters. The molecule has 4 heterocycles. The molecule has 1 N–H and O–H groups in total. The van der Waals surface area contributed by atoms with Gasteiger partial charge in [-0.1, -0.05) is 26.0 Å². The average molecular weight is 366 g/mol. The normalized spacial score (nSPS) is 20.8. The Hall–Kier alpha value is -2.47. The van der Waals surface area contributed by atoms with Crippen molar-refractivity contribution in [2.24, 2.45) is 0 Å². The maximum absolute atomic E-state index is 13.3. The Morgan fingerprint density at radius 3 is 2.85 bits per heavy atom. The van der Waals surface area contributed by atoms with Crippen molar-refractivity contribution in [3.63, 3.8) is 0 Å². The zero-order chi connectivity index (χ0) is 18.6. The summed E-state index contributed by atoms with van der Waals surface area (Å²) in [6.45, 7) is 6.79. The van der Waals surface area contributed by atoms with E-state index in [2.05, 4.69) is 25.2 Å². The van der Waals surface area contributed by atoms with Gasteiger partial charge in [-0.15, -0.1) is 0 Å². The van der Waals surface area contributed by atoms with Crippen molar-refractivity contribution >= 4 is 11.3 Å². The molecule has 1 aromatic carbocycles. The van der Waals surface area contributed by atoms with Crippen molar-refractivity contribution in [1.29, 1.82) is 0 Å². The Kier molecular flexibility index (Phi) is 3.72. The highest BCUT2D eigenvalue weighted by Crippen LogP contribution is 2.38. The number of aromatic nitrogens is 3. The molecule has 0 spiro atoms. The molecular weight excluding hydrogens is 343 g/mol. The minimum Gasteiger partial charge on any atom is -0.383 e. The molecule has 1 saturated heterocycles. The summed E-state index contributed by atoms with van der Waals surface area (Å²) in [5.74, 6) is 0.910. The quantitative estimate of drug-likeness (QED) is 0.769. The van der Waals surface area contributed by atoms with E-state index in [1.165, 1.54) is 17.8 Å². The summed E-state index contributed by atoms with van der Waals surface area (Å²) >= 11 is 0. The first-order valence-electron chi connectivity index (χ1n) is 9.50. The number of anilines is 1. The third kappa shape index (κ3) is 2.79. The Morgan fingerprint density at radius 2 is 2.11 bits per heavy atom. The van der Waals surface area contributed by atoms with Crippen molar-refractivity contribution in [2.45, 2.75) is 38.0 Å². The van der Waals surface area contributed by atoms with Gasteiger partial charge in [-0.3, -0.25) is 0 Å². The van der Waals surface area contributed by atoms with E-state index >= 15 is 0 Å². The van der Waals surface area contributed by atoms with Crippen molar-refractivity contribution in [1.82, 2.24) is 14.6 Å². The second-order valence-corrected chi connectivity index (χ2v) is 8.24. The number of pyridine rings is 1. The number of benzene rings is 1. The minimum absolute atomic E-state index is 0.0147. The van der Waals surface area contributed by atoms with Crippen LogP contribution in [0.2, 0.25) is 0 Å². The van der Waals surface area contributed by atoms with Crippen LogP contribution in [0.1, 0.15) is 48.8 Å². The predicted molar refractivity (Wildman–Crippen MR) is 102 cm³/mol. The van der Waals surface area contributed by atoms with Crippen molar-refractivity contribution in [2.75, 3.05) is 25.1 Å². The second kappa shape index (κ2) is 6.02. The Morgan fingerprint density at radius 1 is 1.30 bits per heavy atom. The van der Waals surface area contributed by atoms with Crippen LogP contribution in [0.25, 0.3) is 5.65 Å². The van der Waals surface area contributed by atoms with Gasteiger partial charge in [0.25, 0.3) is 0 Å². The number of hydrogen-bond acceptors (Lipinski definition) is 4. The van der Waals surface area contributed by atoms with Gasteiger partial charge in [0.05, 0.1) is 18.0 Å². The molecule has 5 rings (SSSR count). The van der Waals surface area contributed by atoms with Crippen molar-refractivity contribution in [3.8, 4) is 0 Å². The zero-order valence-corrected chi connectivity index (χ0v) is 15.6. The topological polar surface area (TPSA) is 51.5 Å². The number of nitrogens with one attached hydrogen (secondary N) is 1. The van der Waals surface area contributed by atoms with E-state index in [0.29, 0.717) is 13.0 Å². The van der Waals surface area contributed by atoms with Gasteiger partial charge >= 0.3 is 0 Å².